The quantitative estimate of drug-likeness (QED) is 0.895. The van der Waals surface area contributed by atoms with Crippen molar-refractivity contribution in [1.29, 1.82) is 0 Å². The summed E-state index contributed by atoms with van der Waals surface area (Å²) in [6.07, 6.45) is 1.35. The molecule has 0 aromatic carbocycles. The van der Waals surface area contributed by atoms with Crippen LogP contribution in [0, 0.1) is 6.92 Å². The van der Waals surface area contributed by atoms with Crippen LogP contribution in [0.5, 0.6) is 0 Å². The van der Waals surface area contributed by atoms with Gasteiger partial charge in [0.05, 0.1) is 23.9 Å². The molecule has 20 heavy (non-hydrogen) atoms. The van der Waals surface area contributed by atoms with Gasteiger partial charge in [-0.3, -0.25) is 0 Å². The summed E-state index contributed by atoms with van der Waals surface area (Å²) in [5.41, 5.74) is 1.28. The lowest BCUT2D eigenvalue weighted by molar-refractivity contribution is 0.281. The summed E-state index contributed by atoms with van der Waals surface area (Å²) >= 11 is 1.48. The second-order valence-corrected chi connectivity index (χ2v) is 7.34. The summed E-state index contributed by atoms with van der Waals surface area (Å²) in [6, 6.07) is 2.93. The first-order chi connectivity index (χ1) is 9.43. The molecule has 0 amide bonds. The van der Waals surface area contributed by atoms with Crippen LogP contribution in [0.3, 0.4) is 0 Å². The smallest absolute Gasteiger partial charge is 0.260 e. The minimum Gasteiger partial charge on any atom is -0.392 e. The predicted octanol–water partition coefficient (Wildman–Crippen LogP) is 1.16. The van der Waals surface area contributed by atoms with Crippen molar-refractivity contribution in [3.05, 3.63) is 40.0 Å². The van der Waals surface area contributed by atoms with E-state index in [1.807, 2.05) is 12.3 Å². The number of aromatic nitrogens is 2. The van der Waals surface area contributed by atoms with Crippen LogP contribution in [0.4, 0.5) is 0 Å². The van der Waals surface area contributed by atoms with E-state index in [0.717, 1.165) is 5.01 Å². The zero-order chi connectivity index (χ0) is 14.8. The standard InChI is InChI=1S/C12H15N3O3S2/c1-9-14-11(8-19-9)6-15(2)20(17,18)12-4-3-10(7-16)5-13-12/h3-5,8,16H,6-7H2,1-2H3. The molecular weight excluding hydrogens is 298 g/mol. The molecule has 0 fully saturated rings. The lowest BCUT2D eigenvalue weighted by Crippen LogP contribution is -2.27. The normalized spacial score (nSPS) is 12.0. The van der Waals surface area contributed by atoms with Gasteiger partial charge in [0.15, 0.2) is 5.03 Å². The van der Waals surface area contributed by atoms with E-state index in [2.05, 4.69) is 9.97 Å². The topological polar surface area (TPSA) is 83.4 Å². The molecule has 0 saturated heterocycles. The van der Waals surface area contributed by atoms with E-state index < -0.39 is 10.0 Å². The fourth-order valence-corrected chi connectivity index (χ4v) is 3.26. The van der Waals surface area contributed by atoms with E-state index in [1.165, 1.54) is 35.0 Å². The highest BCUT2D eigenvalue weighted by molar-refractivity contribution is 7.89. The van der Waals surface area contributed by atoms with E-state index in [1.54, 1.807) is 6.07 Å². The van der Waals surface area contributed by atoms with Crippen LogP contribution < -0.4 is 0 Å². The number of hydrogen-bond donors (Lipinski definition) is 1. The van der Waals surface area contributed by atoms with Crippen molar-refractivity contribution < 1.29 is 13.5 Å². The Morgan fingerprint density at radius 1 is 1.40 bits per heavy atom. The van der Waals surface area contributed by atoms with Gasteiger partial charge in [0.2, 0.25) is 0 Å². The Labute approximate surface area is 121 Å². The van der Waals surface area contributed by atoms with Gasteiger partial charge >= 0.3 is 0 Å². The van der Waals surface area contributed by atoms with Crippen molar-refractivity contribution in [2.24, 2.45) is 0 Å². The Morgan fingerprint density at radius 3 is 2.65 bits per heavy atom. The Balaban J connectivity index is 2.19. The first kappa shape index (κ1) is 15.0. The minimum absolute atomic E-state index is 0.0378. The summed E-state index contributed by atoms with van der Waals surface area (Å²) in [5.74, 6) is 0. The molecule has 0 bridgehead atoms. The molecule has 0 spiro atoms. The predicted molar refractivity (Wildman–Crippen MR) is 75.7 cm³/mol. The molecule has 2 aromatic rings. The third-order valence-electron chi connectivity index (χ3n) is 2.71. The van der Waals surface area contributed by atoms with Gasteiger partial charge < -0.3 is 5.11 Å². The monoisotopic (exact) mass is 313 g/mol. The third kappa shape index (κ3) is 3.21. The Kier molecular flexibility index (Phi) is 4.48. The number of aryl methyl sites for hydroxylation is 1. The molecule has 2 aromatic heterocycles. The van der Waals surface area contributed by atoms with Gasteiger partial charge in [-0.25, -0.2) is 18.4 Å². The molecule has 0 aliphatic heterocycles. The molecule has 0 unspecified atom stereocenters. The summed E-state index contributed by atoms with van der Waals surface area (Å²) in [4.78, 5) is 8.13. The molecule has 108 valence electrons. The van der Waals surface area contributed by atoms with Crippen molar-refractivity contribution in [3.63, 3.8) is 0 Å². The summed E-state index contributed by atoms with van der Waals surface area (Å²) in [6.45, 7) is 1.91. The largest absolute Gasteiger partial charge is 0.392 e. The molecule has 2 heterocycles. The number of hydrogen-bond acceptors (Lipinski definition) is 6. The highest BCUT2D eigenvalue weighted by Crippen LogP contribution is 2.16. The fourth-order valence-electron chi connectivity index (χ4n) is 1.61. The van der Waals surface area contributed by atoms with Gasteiger partial charge in [0.25, 0.3) is 10.0 Å². The van der Waals surface area contributed by atoms with E-state index in [-0.39, 0.29) is 18.2 Å². The van der Waals surface area contributed by atoms with Crippen LogP contribution in [0.25, 0.3) is 0 Å². The molecule has 0 aliphatic carbocycles. The Hall–Kier alpha value is -1.35. The Bertz CT molecular complexity index is 680. The van der Waals surface area contributed by atoms with Crippen molar-refractivity contribution in [2.75, 3.05) is 7.05 Å². The van der Waals surface area contributed by atoms with Gasteiger partial charge in [-0.2, -0.15) is 4.31 Å². The SMILES string of the molecule is Cc1nc(CN(C)S(=O)(=O)c2ccc(CO)cn2)cs1. The maximum atomic E-state index is 12.3. The van der Waals surface area contributed by atoms with Crippen LogP contribution in [0.15, 0.2) is 28.7 Å². The molecule has 8 heteroatoms. The maximum absolute atomic E-state index is 12.3. The lowest BCUT2D eigenvalue weighted by Gasteiger charge is -2.15. The van der Waals surface area contributed by atoms with Gasteiger partial charge in [0, 0.05) is 18.6 Å². The van der Waals surface area contributed by atoms with E-state index >= 15 is 0 Å². The molecular formula is C12H15N3O3S2. The second-order valence-electron chi connectivity index (χ2n) is 4.28. The zero-order valence-electron chi connectivity index (χ0n) is 11.1. The van der Waals surface area contributed by atoms with Crippen LogP contribution >= 0.6 is 11.3 Å². The van der Waals surface area contributed by atoms with Gasteiger partial charge in [-0.1, -0.05) is 6.07 Å². The molecule has 0 atom stereocenters. The molecule has 2 rings (SSSR count). The first-order valence-electron chi connectivity index (χ1n) is 5.86. The molecule has 0 radical (unpaired) electrons. The van der Waals surface area contributed by atoms with Gasteiger partial charge in [-0.05, 0) is 18.6 Å². The number of aliphatic hydroxyl groups excluding tert-OH is 1. The van der Waals surface area contributed by atoms with Crippen LogP contribution in [-0.2, 0) is 23.2 Å². The van der Waals surface area contributed by atoms with Crippen LogP contribution in [0.1, 0.15) is 16.3 Å². The van der Waals surface area contributed by atoms with Crippen molar-refractivity contribution >= 4 is 21.4 Å². The molecule has 0 aliphatic rings. The second kappa shape index (κ2) is 5.96. The molecule has 0 saturated carbocycles. The van der Waals surface area contributed by atoms with Crippen LogP contribution in [0.2, 0.25) is 0 Å². The van der Waals surface area contributed by atoms with Gasteiger partial charge in [0.1, 0.15) is 0 Å². The summed E-state index contributed by atoms with van der Waals surface area (Å²) in [5, 5.41) is 11.6. The van der Waals surface area contributed by atoms with Crippen LogP contribution in [-0.4, -0.2) is 34.8 Å². The zero-order valence-corrected chi connectivity index (χ0v) is 12.8. The number of nitrogens with zero attached hydrogens (tertiary/aromatic N) is 3. The Morgan fingerprint density at radius 2 is 2.15 bits per heavy atom. The van der Waals surface area contributed by atoms with Crippen molar-refractivity contribution in [1.82, 2.24) is 14.3 Å². The van der Waals surface area contributed by atoms with E-state index in [9.17, 15) is 8.42 Å². The number of rotatable bonds is 5. The number of pyridine rings is 1. The number of aliphatic hydroxyl groups is 1. The maximum Gasteiger partial charge on any atom is 0.260 e. The third-order valence-corrected chi connectivity index (χ3v) is 5.25. The first-order valence-corrected chi connectivity index (χ1v) is 8.18. The van der Waals surface area contributed by atoms with Crippen molar-refractivity contribution in [3.8, 4) is 0 Å². The van der Waals surface area contributed by atoms with E-state index in [0.29, 0.717) is 11.3 Å². The average molecular weight is 313 g/mol. The number of sulfonamides is 1. The number of thiazole rings is 1. The average Bonchev–Trinajstić information content (AvgIpc) is 2.84. The van der Waals surface area contributed by atoms with Crippen molar-refractivity contribution in [2.45, 2.75) is 25.1 Å². The molecule has 6 nitrogen and oxygen atoms in total. The minimum atomic E-state index is -3.65. The summed E-state index contributed by atoms with van der Waals surface area (Å²) < 4.78 is 25.8. The summed E-state index contributed by atoms with van der Waals surface area (Å²) in [7, 11) is -2.16. The van der Waals surface area contributed by atoms with Gasteiger partial charge in [-0.15, -0.1) is 11.3 Å². The fraction of sp³-hybridized carbons (Fsp3) is 0.333. The van der Waals surface area contributed by atoms with E-state index in [4.69, 9.17) is 5.11 Å². The highest BCUT2D eigenvalue weighted by atomic mass is 32.2. The molecule has 1 N–H and O–H groups in total. The lowest BCUT2D eigenvalue weighted by atomic mass is 10.3. The highest BCUT2D eigenvalue weighted by Gasteiger charge is 2.22.